The molecular weight excluding hydrogens is 554 g/mol. The van der Waals surface area contributed by atoms with Crippen molar-refractivity contribution in [2.75, 3.05) is 13.1 Å². The van der Waals surface area contributed by atoms with Gasteiger partial charge in [-0.15, -0.1) is 11.3 Å². The summed E-state index contributed by atoms with van der Waals surface area (Å²) in [6, 6.07) is 7.42. The Hall–Kier alpha value is -3.48. The van der Waals surface area contributed by atoms with E-state index in [2.05, 4.69) is 9.97 Å². The zero-order chi connectivity index (χ0) is 28.8. The zero-order valence-electron chi connectivity index (χ0n) is 22.2. The molecule has 2 N–H and O–H groups in total. The lowest BCUT2D eigenvalue weighted by Gasteiger charge is -2.42. The van der Waals surface area contributed by atoms with Crippen molar-refractivity contribution in [3.63, 3.8) is 0 Å². The molecule has 3 aromatic heterocycles. The molecule has 1 saturated heterocycles. The minimum absolute atomic E-state index is 0.0321. The first-order chi connectivity index (χ1) is 19.7. The van der Waals surface area contributed by atoms with Crippen molar-refractivity contribution in [1.29, 1.82) is 0 Å². The van der Waals surface area contributed by atoms with Gasteiger partial charge in [-0.05, 0) is 30.4 Å². The second kappa shape index (κ2) is 10.7. The summed E-state index contributed by atoms with van der Waals surface area (Å²) in [5.41, 5.74) is 1.16. The van der Waals surface area contributed by atoms with Crippen LogP contribution in [0.15, 0.2) is 57.8 Å². The maximum atomic E-state index is 14.2. The third-order valence-electron chi connectivity index (χ3n) is 8.43. The van der Waals surface area contributed by atoms with Gasteiger partial charge >= 0.3 is 0 Å². The molecule has 1 aliphatic heterocycles. The first-order valence-electron chi connectivity index (χ1n) is 13.6. The second-order valence-corrected chi connectivity index (χ2v) is 12.0. The summed E-state index contributed by atoms with van der Waals surface area (Å²) in [7, 11) is 0. The molecule has 4 aromatic rings. The highest BCUT2D eigenvalue weighted by Crippen LogP contribution is 2.46. The lowest BCUT2D eigenvalue weighted by molar-refractivity contribution is -0.145. The third-order valence-corrected chi connectivity index (χ3v) is 9.44. The first kappa shape index (κ1) is 27.7. The van der Waals surface area contributed by atoms with E-state index in [9.17, 15) is 28.6 Å². The van der Waals surface area contributed by atoms with Gasteiger partial charge in [0.1, 0.15) is 6.26 Å². The lowest BCUT2D eigenvalue weighted by atomic mass is 9.75. The Kier molecular flexibility index (Phi) is 7.25. The second-order valence-electron chi connectivity index (χ2n) is 11.1. The van der Waals surface area contributed by atoms with Crippen molar-refractivity contribution in [3.8, 4) is 10.4 Å². The molecule has 1 aromatic carbocycles. The van der Waals surface area contributed by atoms with Crippen molar-refractivity contribution in [2.24, 2.45) is 5.92 Å². The monoisotopic (exact) mass is 584 g/mol. The van der Waals surface area contributed by atoms with Gasteiger partial charge in [-0.3, -0.25) is 14.2 Å². The van der Waals surface area contributed by atoms with Gasteiger partial charge in [0.2, 0.25) is 11.8 Å². The van der Waals surface area contributed by atoms with Crippen LogP contribution in [0.2, 0.25) is 0 Å². The summed E-state index contributed by atoms with van der Waals surface area (Å²) in [5.74, 6) is -4.44. The van der Waals surface area contributed by atoms with Crippen LogP contribution < -0.4 is 5.56 Å². The maximum absolute atomic E-state index is 14.2. The van der Waals surface area contributed by atoms with Gasteiger partial charge in [-0.25, -0.2) is 18.7 Å². The molecule has 0 radical (unpaired) electrons. The molecule has 2 aliphatic rings. The number of amides is 1. The normalized spacial score (nSPS) is 22.2. The number of likely N-dealkylation sites (tertiary alicyclic amines) is 1. The van der Waals surface area contributed by atoms with E-state index in [0.717, 1.165) is 16.0 Å². The van der Waals surface area contributed by atoms with Gasteiger partial charge in [-0.2, -0.15) is 0 Å². The maximum Gasteiger partial charge on any atom is 0.262 e. The standard InChI is InChI=1S/C29H30F2N4O5S/c30-29(31)6-5-20(21(11-29)23-13-40-17-33-23)26(37)34-9-7-28(39,8-10-34)15-35-16-32-24-22(27(35)38)14-41-25(24)19-3-1-18(12-36)2-4-19/h1-4,13-14,16-17,20-21,36,39H,5-12,15H2. The molecule has 2 unspecified atom stereocenters. The van der Waals surface area contributed by atoms with Crippen LogP contribution in [0.3, 0.4) is 0 Å². The van der Waals surface area contributed by atoms with Crippen molar-refractivity contribution in [2.45, 2.75) is 62.7 Å². The topological polar surface area (TPSA) is 122 Å². The molecule has 12 heteroatoms. The highest BCUT2D eigenvalue weighted by atomic mass is 32.1. The number of aromatic nitrogens is 3. The minimum Gasteiger partial charge on any atom is -0.451 e. The molecule has 4 heterocycles. The summed E-state index contributed by atoms with van der Waals surface area (Å²) in [5, 5.41) is 22.9. The van der Waals surface area contributed by atoms with Crippen LogP contribution in [-0.2, 0) is 17.9 Å². The molecule has 1 saturated carbocycles. The Bertz CT molecular complexity index is 1590. The Morgan fingerprint density at radius 1 is 1.15 bits per heavy atom. The van der Waals surface area contributed by atoms with E-state index in [-0.39, 0.29) is 63.4 Å². The van der Waals surface area contributed by atoms with Crippen LogP contribution in [0, 0.1) is 5.92 Å². The highest BCUT2D eigenvalue weighted by molar-refractivity contribution is 7.15. The first-order valence-corrected chi connectivity index (χ1v) is 14.5. The number of carbonyl (C=O) groups excluding carboxylic acids is 1. The van der Waals surface area contributed by atoms with Crippen molar-refractivity contribution < 1.29 is 28.2 Å². The third kappa shape index (κ3) is 5.43. The van der Waals surface area contributed by atoms with Crippen molar-refractivity contribution in [3.05, 3.63) is 70.2 Å². The minimum atomic E-state index is -2.86. The Labute approximate surface area is 238 Å². The average Bonchev–Trinajstić information content (AvgIpc) is 3.65. The van der Waals surface area contributed by atoms with Gasteiger partial charge in [-0.1, -0.05) is 24.3 Å². The molecule has 1 amide bonds. The summed E-state index contributed by atoms with van der Waals surface area (Å²) < 4.78 is 34.9. The van der Waals surface area contributed by atoms with Gasteiger partial charge in [0.15, 0.2) is 6.39 Å². The van der Waals surface area contributed by atoms with Gasteiger partial charge in [0.25, 0.3) is 5.56 Å². The molecule has 9 nitrogen and oxygen atoms in total. The molecule has 1 aliphatic carbocycles. The number of benzene rings is 1. The number of thiophene rings is 1. The fourth-order valence-electron chi connectivity index (χ4n) is 6.04. The molecule has 2 fully saturated rings. The van der Waals surface area contributed by atoms with E-state index in [1.807, 2.05) is 24.3 Å². The number of halogens is 2. The number of oxazole rings is 1. The quantitative estimate of drug-likeness (QED) is 0.349. The predicted molar refractivity (Wildman–Crippen MR) is 148 cm³/mol. The summed E-state index contributed by atoms with van der Waals surface area (Å²) in [6.45, 7) is 0.492. The van der Waals surface area contributed by atoms with Gasteiger partial charge in [0, 0.05) is 43.1 Å². The number of aliphatic hydroxyl groups is 2. The van der Waals surface area contributed by atoms with Crippen molar-refractivity contribution >= 4 is 28.1 Å². The number of carbonyl (C=O) groups is 1. The summed E-state index contributed by atoms with van der Waals surface area (Å²) in [4.78, 5) is 37.8. The number of hydrogen-bond donors (Lipinski definition) is 2. The smallest absolute Gasteiger partial charge is 0.262 e. The Balaban J connectivity index is 1.14. The number of hydrogen-bond acceptors (Lipinski definition) is 8. The van der Waals surface area contributed by atoms with Gasteiger partial charge in [0.05, 0.1) is 46.6 Å². The predicted octanol–water partition coefficient (Wildman–Crippen LogP) is 4.18. The largest absolute Gasteiger partial charge is 0.451 e. The van der Waals surface area contributed by atoms with E-state index in [0.29, 0.717) is 16.6 Å². The van der Waals surface area contributed by atoms with Gasteiger partial charge < -0.3 is 19.5 Å². The number of nitrogens with zero attached hydrogens (tertiary/aromatic N) is 4. The van der Waals surface area contributed by atoms with Crippen LogP contribution in [0.1, 0.15) is 49.3 Å². The highest BCUT2D eigenvalue weighted by Gasteiger charge is 2.47. The number of rotatable bonds is 6. The van der Waals surface area contributed by atoms with Crippen LogP contribution >= 0.6 is 11.3 Å². The van der Waals surface area contributed by atoms with Crippen LogP contribution in [0.5, 0.6) is 0 Å². The molecule has 0 bridgehead atoms. The molecule has 2 atom stereocenters. The fraction of sp³-hybridized carbons (Fsp3) is 0.448. The Morgan fingerprint density at radius 2 is 1.90 bits per heavy atom. The number of fused-ring (bicyclic) bond motifs is 1. The van der Waals surface area contributed by atoms with E-state index in [1.54, 1.807) is 10.3 Å². The average molecular weight is 585 g/mol. The van der Waals surface area contributed by atoms with E-state index >= 15 is 0 Å². The van der Waals surface area contributed by atoms with Crippen LogP contribution in [0.25, 0.3) is 21.3 Å². The van der Waals surface area contributed by atoms with Crippen molar-refractivity contribution in [1.82, 2.24) is 19.4 Å². The van der Waals surface area contributed by atoms with E-state index < -0.39 is 29.8 Å². The summed E-state index contributed by atoms with van der Waals surface area (Å²) >= 11 is 1.41. The van der Waals surface area contributed by atoms with Crippen LogP contribution in [0.4, 0.5) is 8.78 Å². The lowest BCUT2D eigenvalue weighted by Crippen LogP contribution is -2.52. The number of aliphatic hydroxyl groups excluding tert-OH is 1. The van der Waals surface area contributed by atoms with E-state index in [4.69, 9.17) is 4.42 Å². The van der Waals surface area contributed by atoms with E-state index in [1.165, 1.54) is 34.9 Å². The molecule has 6 rings (SSSR count). The van der Waals surface area contributed by atoms with Crippen LogP contribution in [-0.4, -0.2) is 60.2 Å². The SMILES string of the molecule is O=C(C1CCC(F)(F)CC1c1cocn1)N1CCC(O)(Cn2cnc3c(-c4ccc(CO)cc4)scc3c2=O)CC1. The summed E-state index contributed by atoms with van der Waals surface area (Å²) in [6.07, 6.45) is 3.69. The number of alkyl halides is 2. The molecular formula is C29H30F2N4O5S. The molecule has 0 spiro atoms. The Morgan fingerprint density at radius 3 is 2.59 bits per heavy atom. The molecule has 41 heavy (non-hydrogen) atoms. The number of piperidine rings is 1. The fourth-order valence-corrected chi connectivity index (χ4v) is 7.04. The molecule has 216 valence electrons. The zero-order valence-corrected chi connectivity index (χ0v) is 23.0.